The van der Waals surface area contributed by atoms with Crippen LogP contribution in [0.3, 0.4) is 0 Å². The number of ether oxygens (including phenoxy) is 1. The van der Waals surface area contributed by atoms with Crippen LogP contribution in [0.25, 0.3) is 88.0 Å². The van der Waals surface area contributed by atoms with E-state index in [1.54, 1.807) is 0 Å². The zero-order valence-corrected chi connectivity index (χ0v) is 51.2. The van der Waals surface area contributed by atoms with E-state index in [4.69, 9.17) is 13.6 Å². The fourth-order valence-electron chi connectivity index (χ4n) is 15.5. The molecule has 0 amide bonds. The molecule has 5 nitrogen and oxygen atoms in total. The molecule has 19 rings (SSSR count). The molecule has 14 aromatic carbocycles. The summed E-state index contributed by atoms with van der Waals surface area (Å²) in [7, 11) is 0. The fourth-order valence-corrected chi connectivity index (χ4v) is 16.9. The average Bonchev–Trinajstić information content (AvgIpc) is 1.50. The molecule has 434 valence electrons. The minimum absolute atomic E-state index is 0.266. The number of fused-ring (bicyclic) bond motifs is 18. The first-order valence-corrected chi connectivity index (χ1v) is 32.3. The van der Waals surface area contributed by atoms with Gasteiger partial charge in [0.05, 0.1) is 11.1 Å². The Hall–Kier alpha value is -11.3. The summed E-state index contributed by atoms with van der Waals surface area (Å²) in [5, 5.41) is 6.69. The van der Waals surface area contributed by atoms with E-state index in [2.05, 4.69) is 321 Å². The molecule has 1 unspecified atom stereocenters. The van der Waals surface area contributed by atoms with Gasteiger partial charge in [0.15, 0.2) is 0 Å². The second-order valence-electron chi connectivity index (χ2n) is 25.1. The summed E-state index contributed by atoms with van der Waals surface area (Å²) in [4.78, 5) is 7.40. The van der Waals surface area contributed by atoms with Crippen molar-refractivity contribution in [2.45, 2.75) is 34.5 Å². The molecule has 92 heavy (non-hydrogen) atoms. The predicted octanol–water partition coefficient (Wildman–Crippen LogP) is 24.2. The van der Waals surface area contributed by atoms with Gasteiger partial charge in [-0.15, -0.1) is 0 Å². The number of nitrogens with zero attached hydrogens (tertiary/aromatic N) is 2. The largest absolute Gasteiger partial charge is 0.457 e. The fraction of sp³-hybridized carbons (Fsp3) is 0.0465. The van der Waals surface area contributed by atoms with E-state index in [9.17, 15) is 0 Å². The monoisotopic (exact) mass is 1200 g/mol. The lowest BCUT2D eigenvalue weighted by molar-refractivity contribution is 0.436. The second-order valence-corrected chi connectivity index (χ2v) is 26.2. The van der Waals surface area contributed by atoms with Crippen LogP contribution in [-0.4, -0.2) is 0 Å². The van der Waals surface area contributed by atoms with E-state index in [-0.39, 0.29) is 5.41 Å². The highest BCUT2D eigenvalue weighted by Crippen LogP contribution is 2.64. The molecule has 1 atom stereocenters. The summed E-state index contributed by atoms with van der Waals surface area (Å²) in [6, 6.07) is 110. The van der Waals surface area contributed by atoms with Crippen molar-refractivity contribution in [2.75, 3.05) is 9.80 Å². The predicted molar refractivity (Wildman–Crippen MR) is 379 cm³/mol. The zero-order chi connectivity index (χ0) is 60.8. The standard InChI is InChI=1S/C86H56N2O3S/c1-85(2)74-32-16-20-36-81(74)92-82-44-41-59(50-75(82)85)88(61-48-67(56-38-37-53-21-9-10-24-55(53)45-56)84-69(49-61)64-28-12-17-33-76(64)91-84)58-39-42-71-68(46-58)63-27-11-14-30-70(63)86(71)72-31-15-19-35-78(72)90-79-51-60(40-43-73(79)86)87(57-25-7-4-8-26-57)62-47-66(54-22-5-3-6-23-54)83-65-29-13-18-34-77(65)89-80(83)52-62/h3-52H,1-2H3. The highest BCUT2D eigenvalue weighted by atomic mass is 32.2. The molecule has 0 radical (unpaired) electrons. The summed E-state index contributed by atoms with van der Waals surface area (Å²) in [6.07, 6.45) is 0. The molecule has 0 saturated heterocycles. The van der Waals surface area contributed by atoms with Gasteiger partial charge in [0.1, 0.15) is 33.8 Å². The lowest BCUT2D eigenvalue weighted by atomic mass is 9.66. The van der Waals surface area contributed by atoms with Crippen molar-refractivity contribution in [2.24, 2.45) is 0 Å². The summed E-state index contributed by atoms with van der Waals surface area (Å²) in [6.45, 7) is 4.75. The first-order valence-electron chi connectivity index (χ1n) is 31.5. The van der Waals surface area contributed by atoms with Gasteiger partial charge in [-0.2, -0.15) is 0 Å². The van der Waals surface area contributed by atoms with Crippen LogP contribution in [0.1, 0.15) is 47.2 Å². The third-order valence-corrected chi connectivity index (χ3v) is 20.9. The quantitative estimate of drug-likeness (QED) is 0.151. The molecule has 0 N–H and O–H groups in total. The molecule has 6 heteroatoms. The molecular weight excluding hydrogens is 1140 g/mol. The minimum Gasteiger partial charge on any atom is -0.457 e. The van der Waals surface area contributed by atoms with Crippen LogP contribution in [0.5, 0.6) is 11.5 Å². The van der Waals surface area contributed by atoms with E-state index in [0.717, 1.165) is 123 Å². The van der Waals surface area contributed by atoms with Crippen LogP contribution in [0.2, 0.25) is 0 Å². The van der Waals surface area contributed by atoms with Crippen LogP contribution in [0, 0.1) is 0 Å². The molecule has 2 aromatic heterocycles. The van der Waals surface area contributed by atoms with Crippen LogP contribution >= 0.6 is 11.8 Å². The van der Waals surface area contributed by atoms with E-state index >= 15 is 0 Å². The van der Waals surface area contributed by atoms with Gasteiger partial charge in [-0.05, 0) is 158 Å². The molecule has 0 bridgehead atoms. The lowest BCUT2D eigenvalue weighted by Gasteiger charge is -2.40. The minimum atomic E-state index is -0.748. The molecule has 1 spiro atoms. The topological polar surface area (TPSA) is 42.0 Å². The first kappa shape index (κ1) is 52.6. The SMILES string of the molecule is CC1(C)c2ccccc2Sc2ccc(N(c3ccc4c(c3)-c3ccccc3C43c4ccccc4Oc4cc(N(c5ccccc5)c5cc(-c6ccccc6)c6c(c5)oc5ccccc56)ccc43)c3cc(-c4ccc5ccccc5c4)c4oc5ccccc5c4c3)cc21. The summed E-state index contributed by atoms with van der Waals surface area (Å²) in [5.41, 5.74) is 22.4. The van der Waals surface area contributed by atoms with Crippen molar-refractivity contribution < 1.29 is 13.6 Å². The number of furan rings is 2. The number of benzene rings is 14. The van der Waals surface area contributed by atoms with Gasteiger partial charge in [0.2, 0.25) is 0 Å². The van der Waals surface area contributed by atoms with E-state index < -0.39 is 5.41 Å². The van der Waals surface area contributed by atoms with Gasteiger partial charge < -0.3 is 23.4 Å². The Kier molecular flexibility index (Phi) is 11.5. The molecule has 4 heterocycles. The maximum atomic E-state index is 7.29. The maximum absolute atomic E-state index is 7.29. The third-order valence-electron chi connectivity index (χ3n) is 19.7. The highest BCUT2D eigenvalue weighted by molar-refractivity contribution is 7.99. The molecule has 16 aromatic rings. The van der Waals surface area contributed by atoms with Gasteiger partial charge in [-0.1, -0.05) is 220 Å². The van der Waals surface area contributed by atoms with Crippen molar-refractivity contribution in [1.82, 2.24) is 0 Å². The zero-order valence-electron chi connectivity index (χ0n) is 50.4. The van der Waals surface area contributed by atoms with Gasteiger partial charge >= 0.3 is 0 Å². The van der Waals surface area contributed by atoms with Gasteiger partial charge in [-0.3, -0.25) is 0 Å². The summed E-state index contributed by atoms with van der Waals surface area (Å²) in [5.74, 6) is 1.62. The Morgan fingerprint density at radius 1 is 0.304 bits per heavy atom. The van der Waals surface area contributed by atoms with E-state index in [0.29, 0.717) is 0 Å². The van der Waals surface area contributed by atoms with Crippen molar-refractivity contribution in [3.63, 3.8) is 0 Å². The molecule has 0 fully saturated rings. The smallest absolute Gasteiger partial charge is 0.143 e. The van der Waals surface area contributed by atoms with E-state index in [1.165, 1.54) is 53.9 Å². The van der Waals surface area contributed by atoms with E-state index in [1.807, 2.05) is 17.8 Å². The van der Waals surface area contributed by atoms with Crippen LogP contribution in [-0.2, 0) is 10.8 Å². The van der Waals surface area contributed by atoms with Crippen molar-refractivity contribution >= 4 is 101 Å². The number of anilines is 6. The highest BCUT2D eigenvalue weighted by Gasteiger charge is 2.51. The molecule has 3 aliphatic rings. The first-order chi connectivity index (χ1) is 45.3. The van der Waals surface area contributed by atoms with Gasteiger partial charge in [0, 0.05) is 94.0 Å². The third kappa shape index (κ3) is 7.80. The normalized spacial score (nSPS) is 14.8. The average molecular weight is 1200 g/mol. The maximum Gasteiger partial charge on any atom is 0.143 e. The summed E-state index contributed by atoms with van der Waals surface area (Å²) >= 11 is 1.86. The second kappa shape index (κ2) is 20.1. The van der Waals surface area contributed by atoms with Gasteiger partial charge in [-0.25, -0.2) is 0 Å². The number of para-hydroxylation sites is 4. The number of hydrogen-bond acceptors (Lipinski definition) is 6. The Labute approximate surface area is 536 Å². The number of rotatable bonds is 8. The lowest BCUT2D eigenvalue weighted by Crippen LogP contribution is -2.32. The summed E-state index contributed by atoms with van der Waals surface area (Å²) < 4.78 is 21.0. The molecule has 2 aliphatic heterocycles. The Morgan fingerprint density at radius 2 is 0.891 bits per heavy atom. The molecule has 0 saturated carbocycles. The Bertz CT molecular complexity index is 5730. The Morgan fingerprint density at radius 3 is 1.74 bits per heavy atom. The van der Waals surface area contributed by atoms with Crippen molar-refractivity contribution in [1.29, 1.82) is 0 Å². The van der Waals surface area contributed by atoms with Crippen molar-refractivity contribution in [3.05, 3.63) is 337 Å². The molecular formula is C86H56N2O3S. The van der Waals surface area contributed by atoms with Gasteiger partial charge in [0.25, 0.3) is 0 Å². The van der Waals surface area contributed by atoms with Crippen molar-refractivity contribution in [3.8, 4) is 44.9 Å². The van der Waals surface area contributed by atoms with Crippen LogP contribution in [0.15, 0.2) is 322 Å². The number of hydrogen-bond donors (Lipinski definition) is 0. The van der Waals surface area contributed by atoms with Crippen LogP contribution < -0.4 is 14.5 Å². The van der Waals surface area contributed by atoms with Crippen LogP contribution in [0.4, 0.5) is 34.1 Å². The molecule has 1 aliphatic carbocycles. The Balaban J connectivity index is 0.823.